The van der Waals surface area contributed by atoms with E-state index in [-0.39, 0.29) is 6.04 Å². The zero-order chi connectivity index (χ0) is 12.6. The molecule has 92 valence electrons. The van der Waals surface area contributed by atoms with Gasteiger partial charge in [-0.3, -0.25) is 0 Å². The monoisotopic (exact) mass is 234 g/mol. The maximum Gasteiger partial charge on any atom is 0.132 e. The van der Waals surface area contributed by atoms with Gasteiger partial charge in [0.25, 0.3) is 0 Å². The summed E-state index contributed by atoms with van der Waals surface area (Å²) < 4.78 is 10.7. The van der Waals surface area contributed by atoms with E-state index in [1.54, 1.807) is 14.2 Å². The van der Waals surface area contributed by atoms with Gasteiger partial charge in [-0.2, -0.15) is 0 Å². The Hall–Kier alpha value is -1.68. The Labute approximate surface area is 101 Å². The summed E-state index contributed by atoms with van der Waals surface area (Å²) in [6.07, 6.45) is 0. The van der Waals surface area contributed by atoms with Gasteiger partial charge < -0.3 is 20.2 Å². The van der Waals surface area contributed by atoms with Crippen LogP contribution in [0.25, 0.3) is 10.9 Å². The van der Waals surface area contributed by atoms with E-state index in [0.29, 0.717) is 0 Å². The molecule has 0 aliphatic heterocycles. The topological polar surface area (TPSA) is 60.3 Å². The predicted molar refractivity (Wildman–Crippen MR) is 68.7 cm³/mol. The molecule has 4 nitrogen and oxygen atoms in total. The second kappa shape index (κ2) is 4.30. The zero-order valence-electron chi connectivity index (χ0n) is 10.6. The van der Waals surface area contributed by atoms with Crippen LogP contribution in [0, 0.1) is 6.92 Å². The van der Waals surface area contributed by atoms with E-state index >= 15 is 0 Å². The Kier molecular flexibility index (Phi) is 2.98. The van der Waals surface area contributed by atoms with Crippen LogP contribution in [-0.4, -0.2) is 19.2 Å². The zero-order valence-corrected chi connectivity index (χ0v) is 10.6. The molecule has 0 spiro atoms. The number of methoxy groups -OCH3 is 2. The summed E-state index contributed by atoms with van der Waals surface area (Å²) in [4.78, 5) is 3.32. The minimum atomic E-state index is -0.0361. The number of aryl methyl sites for hydroxylation is 1. The molecule has 1 aromatic heterocycles. The number of aromatic amines is 1. The third kappa shape index (κ3) is 1.85. The van der Waals surface area contributed by atoms with Crippen LogP contribution in [0.4, 0.5) is 0 Å². The maximum atomic E-state index is 6.01. The number of hydrogen-bond acceptors (Lipinski definition) is 3. The van der Waals surface area contributed by atoms with Crippen LogP contribution in [0.15, 0.2) is 12.1 Å². The fourth-order valence-corrected chi connectivity index (χ4v) is 2.27. The summed E-state index contributed by atoms with van der Waals surface area (Å²) in [6, 6.07) is 3.80. The van der Waals surface area contributed by atoms with Crippen molar-refractivity contribution in [1.29, 1.82) is 0 Å². The van der Waals surface area contributed by atoms with E-state index in [1.807, 2.05) is 26.0 Å². The number of hydrogen-bond donors (Lipinski definition) is 2. The molecule has 17 heavy (non-hydrogen) atoms. The van der Waals surface area contributed by atoms with Crippen molar-refractivity contribution in [2.75, 3.05) is 14.2 Å². The second-order valence-corrected chi connectivity index (χ2v) is 4.20. The summed E-state index contributed by atoms with van der Waals surface area (Å²) in [6.45, 7) is 3.99. The van der Waals surface area contributed by atoms with E-state index in [1.165, 1.54) is 0 Å². The molecule has 1 aromatic carbocycles. The molecule has 0 bridgehead atoms. The first kappa shape index (κ1) is 11.8. The molecule has 1 heterocycles. The quantitative estimate of drug-likeness (QED) is 0.857. The van der Waals surface area contributed by atoms with Gasteiger partial charge in [0.05, 0.1) is 19.7 Å². The average molecular weight is 234 g/mol. The van der Waals surface area contributed by atoms with Crippen molar-refractivity contribution < 1.29 is 9.47 Å². The van der Waals surface area contributed by atoms with E-state index in [4.69, 9.17) is 15.2 Å². The third-order valence-electron chi connectivity index (χ3n) is 2.98. The van der Waals surface area contributed by atoms with Crippen LogP contribution in [0.3, 0.4) is 0 Å². The Morgan fingerprint density at radius 3 is 2.47 bits per heavy atom. The fourth-order valence-electron chi connectivity index (χ4n) is 2.27. The van der Waals surface area contributed by atoms with Crippen molar-refractivity contribution >= 4 is 10.9 Å². The van der Waals surface area contributed by atoms with Crippen LogP contribution in [0.2, 0.25) is 0 Å². The molecule has 0 radical (unpaired) electrons. The van der Waals surface area contributed by atoms with Crippen molar-refractivity contribution in [1.82, 2.24) is 4.98 Å². The lowest BCUT2D eigenvalue weighted by Gasteiger charge is -2.10. The summed E-state index contributed by atoms with van der Waals surface area (Å²) in [7, 11) is 3.30. The highest BCUT2D eigenvalue weighted by Crippen LogP contribution is 2.37. The molecule has 0 aliphatic carbocycles. The van der Waals surface area contributed by atoms with Gasteiger partial charge in [-0.05, 0) is 13.8 Å². The van der Waals surface area contributed by atoms with Gasteiger partial charge in [0.1, 0.15) is 11.5 Å². The number of rotatable bonds is 3. The Bertz CT molecular complexity index is 544. The minimum absolute atomic E-state index is 0.0361. The molecule has 0 amide bonds. The Morgan fingerprint density at radius 2 is 1.94 bits per heavy atom. The predicted octanol–water partition coefficient (Wildman–Crippen LogP) is 2.51. The molecule has 2 rings (SSSR count). The van der Waals surface area contributed by atoms with Gasteiger partial charge in [0.15, 0.2) is 0 Å². The average Bonchev–Trinajstić information content (AvgIpc) is 2.63. The molecular weight excluding hydrogens is 216 g/mol. The van der Waals surface area contributed by atoms with Gasteiger partial charge in [-0.15, -0.1) is 0 Å². The highest BCUT2D eigenvalue weighted by Gasteiger charge is 2.17. The van der Waals surface area contributed by atoms with Crippen molar-refractivity contribution in [2.45, 2.75) is 19.9 Å². The molecule has 1 unspecified atom stereocenters. The van der Waals surface area contributed by atoms with Gasteiger partial charge in [0, 0.05) is 34.8 Å². The SMILES string of the molecule is COc1cc(OC)c2c(C(C)N)c(C)[nH]c2c1. The highest BCUT2D eigenvalue weighted by atomic mass is 16.5. The summed E-state index contributed by atoms with van der Waals surface area (Å²) in [5.74, 6) is 1.56. The van der Waals surface area contributed by atoms with E-state index in [0.717, 1.165) is 33.7 Å². The van der Waals surface area contributed by atoms with E-state index in [2.05, 4.69) is 4.98 Å². The molecule has 2 aromatic rings. The fraction of sp³-hybridized carbons (Fsp3) is 0.385. The Morgan fingerprint density at radius 1 is 1.24 bits per heavy atom. The number of nitrogens with two attached hydrogens (primary N) is 1. The first-order valence-electron chi connectivity index (χ1n) is 5.58. The lowest BCUT2D eigenvalue weighted by Crippen LogP contribution is -2.06. The van der Waals surface area contributed by atoms with Crippen molar-refractivity contribution in [3.8, 4) is 11.5 Å². The van der Waals surface area contributed by atoms with E-state index in [9.17, 15) is 0 Å². The molecule has 4 heteroatoms. The first-order valence-corrected chi connectivity index (χ1v) is 5.58. The largest absolute Gasteiger partial charge is 0.497 e. The third-order valence-corrected chi connectivity index (χ3v) is 2.98. The maximum absolute atomic E-state index is 6.01. The summed E-state index contributed by atoms with van der Waals surface area (Å²) in [5.41, 5.74) is 9.17. The highest BCUT2D eigenvalue weighted by molar-refractivity contribution is 5.92. The molecule has 3 N–H and O–H groups in total. The number of ether oxygens (including phenoxy) is 2. The minimum Gasteiger partial charge on any atom is -0.497 e. The van der Waals surface area contributed by atoms with Gasteiger partial charge in [-0.1, -0.05) is 0 Å². The molecule has 0 saturated carbocycles. The van der Waals surface area contributed by atoms with Crippen LogP contribution in [0.1, 0.15) is 24.2 Å². The van der Waals surface area contributed by atoms with Crippen LogP contribution >= 0.6 is 0 Å². The van der Waals surface area contributed by atoms with Crippen molar-refractivity contribution in [3.05, 3.63) is 23.4 Å². The van der Waals surface area contributed by atoms with E-state index < -0.39 is 0 Å². The number of aromatic nitrogens is 1. The van der Waals surface area contributed by atoms with Crippen molar-refractivity contribution in [3.63, 3.8) is 0 Å². The standard InChI is InChI=1S/C13H18N2O2/c1-7(14)12-8(2)15-10-5-9(16-3)6-11(17-4)13(10)12/h5-7,15H,14H2,1-4H3. The molecule has 0 fully saturated rings. The van der Waals surface area contributed by atoms with Gasteiger partial charge >= 0.3 is 0 Å². The lowest BCUT2D eigenvalue weighted by molar-refractivity contribution is 0.397. The lowest BCUT2D eigenvalue weighted by atomic mass is 10.0. The molecule has 0 aliphatic rings. The number of H-pyrrole nitrogens is 1. The van der Waals surface area contributed by atoms with Crippen LogP contribution < -0.4 is 15.2 Å². The van der Waals surface area contributed by atoms with Gasteiger partial charge in [0.2, 0.25) is 0 Å². The summed E-state index contributed by atoms with van der Waals surface area (Å²) in [5, 5.41) is 1.04. The van der Waals surface area contributed by atoms with Crippen LogP contribution in [0.5, 0.6) is 11.5 Å². The van der Waals surface area contributed by atoms with Gasteiger partial charge in [-0.25, -0.2) is 0 Å². The first-order chi connectivity index (χ1) is 8.08. The molecule has 1 atom stereocenters. The summed E-state index contributed by atoms with van der Waals surface area (Å²) >= 11 is 0. The molecule has 0 saturated heterocycles. The smallest absolute Gasteiger partial charge is 0.132 e. The number of nitrogens with one attached hydrogen (secondary N) is 1. The number of benzene rings is 1. The second-order valence-electron chi connectivity index (χ2n) is 4.20. The van der Waals surface area contributed by atoms with Crippen LogP contribution in [-0.2, 0) is 0 Å². The number of fused-ring (bicyclic) bond motifs is 1. The molecular formula is C13H18N2O2. The van der Waals surface area contributed by atoms with Crippen molar-refractivity contribution in [2.24, 2.45) is 5.73 Å². The Balaban J connectivity index is 2.80. The normalized spacial score (nSPS) is 12.8.